The van der Waals surface area contributed by atoms with Crippen molar-refractivity contribution < 1.29 is 9.59 Å². The van der Waals surface area contributed by atoms with Gasteiger partial charge in [0.15, 0.2) is 5.96 Å². The van der Waals surface area contributed by atoms with Crippen LogP contribution < -0.4 is 10.6 Å². The van der Waals surface area contributed by atoms with Crippen molar-refractivity contribution >= 4 is 41.8 Å². The number of carbonyl (C=O) groups excluding carboxylic acids is 2. The van der Waals surface area contributed by atoms with Gasteiger partial charge < -0.3 is 10.6 Å². The van der Waals surface area contributed by atoms with Gasteiger partial charge >= 0.3 is 0 Å². The molecule has 0 saturated carbocycles. The smallest absolute Gasteiger partial charge is 0.229 e. The summed E-state index contributed by atoms with van der Waals surface area (Å²) < 4.78 is 0. The van der Waals surface area contributed by atoms with Gasteiger partial charge in [-0.2, -0.15) is 0 Å². The molecular formula is C18H32IN5O2. The van der Waals surface area contributed by atoms with E-state index in [1.807, 2.05) is 0 Å². The highest BCUT2D eigenvalue weighted by atomic mass is 127. The molecule has 0 aromatic carbocycles. The number of hydrogen-bond acceptors (Lipinski definition) is 4. The maximum absolute atomic E-state index is 11.8. The topological polar surface area (TPSA) is 77.0 Å². The fourth-order valence-electron chi connectivity index (χ4n) is 3.34. The van der Waals surface area contributed by atoms with Crippen LogP contribution >= 0.6 is 24.0 Å². The number of piperidine rings is 2. The Morgan fingerprint density at radius 1 is 1.23 bits per heavy atom. The zero-order valence-corrected chi connectivity index (χ0v) is 18.3. The van der Waals surface area contributed by atoms with Crippen LogP contribution in [0.15, 0.2) is 17.1 Å². The van der Waals surface area contributed by atoms with Crippen LogP contribution in [0.5, 0.6) is 0 Å². The van der Waals surface area contributed by atoms with Crippen LogP contribution in [-0.4, -0.2) is 73.4 Å². The zero-order chi connectivity index (χ0) is 18.2. The summed E-state index contributed by atoms with van der Waals surface area (Å²) in [6.07, 6.45) is 3.76. The van der Waals surface area contributed by atoms with E-state index in [-0.39, 0.29) is 35.8 Å². The van der Waals surface area contributed by atoms with Crippen molar-refractivity contribution in [2.24, 2.45) is 4.99 Å². The number of guanidine groups is 1. The maximum Gasteiger partial charge on any atom is 0.229 e. The molecule has 2 aliphatic heterocycles. The van der Waals surface area contributed by atoms with Gasteiger partial charge in [0.05, 0.1) is 0 Å². The molecule has 148 valence electrons. The lowest BCUT2D eigenvalue weighted by Gasteiger charge is -2.33. The van der Waals surface area contributed by atoms with E-state index in [9.17, 15) is 9.59 Å². The number of imide groups is 1. The van der Waals surface area contributed by atoms with Gasteiger partial charge in [0.25, 0.3) is 0 Å². The lowest BCUT2D eigenvalue weighted by atomic mass is 10.0. The van der Waals surface area contributed by atoms with Gasteiger partial charge in [0.2, 0.25) is 11.8 Å². The third kappa shape index (κ3) is 7.22. The predicted molar refractivity (Wildman–Crippen MR) is 115 cm³/mol. The summed E-state index contributed by atoms with van der Waals surface area (Å²) >= 11 is 0. The molecule has 7 nitrogen and oxygen atoms in total. The Balaban J connectivity index is 0.00000338. The SMILES string of the molecule is C=C(C)CN1CCC(NC(=NC)NCCN2C(=O)CCCC2=O)CC1.I. The molecule has 0 bridgehead atoms. The normalized spacial score (nSPS) is 19.9. The van der Waals surface area contributed by atoms with Crippen molar-refractivity contribution in [1.29, 1.82) is 0 Å². The lowest BCUT2D eigenvalue weighted by Crippen LogP contribution is -2.50. The first-order chi connectivity index (χ1) is 12.0. The third-order valence-electron chi connectivity index (χ3n) is 4.66. The minimum absolute atomic E-state index is 0. The number of likely N-dealkylation sites (tertiary alicyclic amines) is 2. The maximum atomic E-state index is 11.8. The van der Waals surface area contributed by atoms with Crippen molar-refractivity contribution in [2.45, 2.75) is 45.1 Å². The van der Waals surface area contributed by atoms with Crippen molar-refractivity contribution in [3.8, 4) is 0 Å². The first-order valence-corrected chi connectivity index (χ1v) is 9.16. The third-order valence-corrected chi connectivity index (χ3v) is 4.66. The summed E-state index contributed by atoms with van der Waals surface area (Å²) in [6.45, 7) is 10.0. The fourth-order valence-corrected chi connectivity index (χ4v) is 3.34. The number of nitrogens with one attached hydrogen (secondary N) is 2. The molecule has 2 saturated heterocycles. The number of aliphatic imine (C=N–C) groups is 1. The number of hydrogen-bond donors (Lipinski definition) is 2. The van der Waals surface area contributed by atoms with Gasteiger partial charge in [-0.25, -0.2) is 0 Å². The molecule has 2 fully saturated rings. The summed E-state index contributed by atoms with van der Waals surface area (Å²) in [5, 5.41) is 6.65. The molecule has 2 rings (SSSR count). The minimum atomic E-state index is -0.0640. The molecular weight excluding hydrogens is 445 g/mol. The largest absolute Gasteiger partial charge is 0.355 e. The van der Waals surface area contributed by atoms with Crippen LogP contribution in [-0.2, 0) is 9.59 Å². The first-order valence-electron chi connectivity index (χ1n) is 9.16. The molecule has 26 heavy (non-hydrogen) atoms. The second-order valence-corrected chi connectivity index (χ2v) is 6.94. The second-order valence-electron chi connectivity index (χ2n) is 6.94. The van der Waals surface area contributed by atoms with Gasteiger partial charge in [-0.1, -0.05) is 12.2 Å². The second kappa shape index (κ2) is 11.5. The molecule has 0 radical (unpaired) electrons. The molecule has 2 N–H and O–H groups in total. The van der Waals surface area contributed by atoms with Crippen LogP contribution in [0.2, 0.25) is 0 Å². The molecule has 8 heteroatoms. The van der Waals surface area contributed by atoms with Crippen molar-refractivity contribution in [3.05, 3.63) is 12.2 Å². The standard InChI is InChI=1S/C18H31N5O2.HI/c1-14(2)13-22-10-7-15(8-11-22)21-18(19-3)20-9-12-23-16(24)5-4-6-17(23)25;/h15H,1,4-13H2,2-3H3,(H2,19,20,21);1H. The first kappa shape index (κ1) is 22.9. The number of amides is 2. The van der Waals surface area contributed by atoms with E-state index in [4.69, 9.17) is 0 Å². The highest BCUT2D eigenvalue weighted by molar-refractivity contribution is 14.0. The predicted octanol–water partition coefficient (Wildman–Crippen LogP) is 1.35. The summed E-state index contributed by atoms with van der Waals surface area (Å²) in [5.41, 5.74) is 1.20. The quantitative estimate of drug-likeness (QED) is 0.199. The molecule has 0 unspecified atom stereocenters. The van der Waals surface area contributed by atoms with Crippen LogP contribution in [0.1, 0.15) is 39.0 Å². The fraction of sp³-hybridized carbons (Fsp3) is 0.722. The summed E-state index contributed by atoms with van der Waals surface area (Å²) in [4.78, 5) is 31.6. The zero-order valence-electron chi connectivity index (χ0n) is 15.9. The number of halogens is 1. The molecule has 2 amide bonds. The van der Waals surface area contributed by atoms with Crippen LogP contribution in [0.4, 0.5) is 0 Å². The molecule has 0 aromatic rings. The lowest BCUT2D eigenvalue weighted by molar-refractivity contribution is -0.147. The summed E-state index contributed by atoms with van der Waals surface area (Å²) in [7, 11) is 1.74. The highest BCUT2D eigenvalue weighted by Crippen LogP contribution is 2.12. The van der Waals surface area contributed by atoms with Crippen molar-refractivity contribution in [1.82, 2.24) is 20.4 Å². The average Bonchev–Trinajstić information content (AvgIpc) is 2.57. The Morgan fingerprint density at radius 2 is 1.85 bits per heavy atom. The van der Waals surface area contributed by atoms with E-state index in [2.05, 4.69) is 34.0 Å². The molecule has 2 heterocycles. The van der Waals surface area contributed by atoms with E-state index in [0.29, 0.717) is 38.4 Å². The monoisotopic (exact) mass is 477 g/mol. The van der Waals surface area contributed by atoms with E-state index in [1.165, 1.54) is 10.5 Å². The van der Waals surface area contributed by atoms with Crippen LogP contribution in [0.25, 0.3) is 0 Å². The number of carbonyl (C=O) groups is 2. The summed E-state index contributed by atoms with van der Waals surface area (Å²) in [6, 6.07) is 0.394. The number of nitrogens with zero attached hydrogens (tertiary/aromatic N) is 3. The average molecular weight is 477 g/mol. The molecule has 2 aliphatic rings. The van der Waals surface area contributed by atoms with Gasteiger partial charge in [-0.05, 0) is 26.2 Å². The molecule has 0 aliphatic carbocycles. The van der Waals surface area contributed by atoms with E-state index in [1.54, 1.807) is 7.05 Å². The molecule has 0 aromatic heterocycles. The van der Waals surface area contributed by atoms with Crippen LogP contribution in [0.3, 0.4) is 0 Å². The van der Waals surface area contributed by atoms with E-state index >= 15 is 0 Å². The minimum Gasteiger partial charge on any atom is -0.355 e. The van der Waals surface area contributed by atoms with E-state index in [0.717, 1.165) is 38.4 Å². The Bertz CT molecular complexity index is 514. The Kier molecular flexibility index (Phi) is 10.1. The van der Waals surface area contributed by atoms with Gasteiger partial charge in [0, 0.05) is 58.7 Å². The van der Waals surface area contributed by atoms with Crippen LogP contribution in [0, 0.1) is 0 Å². The Morgan fingerprint density at radius 3 is 2.38 bits per heavy atom. The van der Waals surface area contributed by atoms with Gasteiger partial charge in [-0.15, -0.1) is 24.0 Å². The number of rotatable bonds is 6. The Labute approximate surface area is 173 Å². The van der Waals surface area contributed by atoms with Gasteiger partial charge in [0.1, 0.15) is 0 Å². The molecule has 0 spiro atoms. The van der Waals surface area contributed by atoms with Crippen molar-refractivity contribution in [3.63, 3.8) is 0 Å². The van der Waals surface area contributed by atoms with Crippen molar-refractivity contribution in [2.75, 3.05) is 39.8 Å². The highest BCUT2D eigenvalue weighted by Gasteiger charge is 2.25. The van der Waals surface area contributed by atoms with E-state index < -0.39 is 0 Å². The summed E-state index contributed by atoms with van der Waals surface area (Å²) in [5.74, 6) is 0.604. The molecule has 0 atom stereocenters. The Hall–Kier alpha value is -1.16. The van der Waals surface area contributed by atoms with Gasteiger partial charge in [-0.3, -0.25) is 24.4 Å².